The average molecular weight is 455 g/mol. The summed E-state index contributed by atoms with van der Waals surface area (Å²) in [6, 6.07) is 20.7. The zero-order valence-corrected chi connectivity index (χ0v) is 18.2. The van der Waals surface area contributed by atoms with Crippen LogP contribution in [0.25, 0.3) is 0 Å². The molecule has 0 aromatic heterocycles. The second-order valence-electron chi connectivity index (χ2n) is 7.63. The zero-order valence-electron chi connectivity index (χ0n) is 17.5. The van der Waals surface area contributed by atoms with E-state index < -0.39 is 0 Å². The first-order valence-corrected chi connectivity index (χ1v) is 10.9. The van der Waals surface area contributed by atoms with Crippen molar-refractivity contribution in [1.82, 2.24) is 4.90 Å². The van der Waals surface area contributed by atoms with Crippen LogP contribution in [0.1, 0.15) is 18.4 Å². The molecule has 1 aliphatic heterocycles. The molecule has 166 valence electrons. The molecule has 4 rings (SSSR count). The number of rotatable bonds is 6. The molecule has 0 aliphatic carbocycles. The Hall–Kier alpha value is -3.25. The number of amides is 2. The van der Waals surface area contributed by atoms with Crippen LogP contribution in [0.3, 0.4) is 0 Å². The first kappa shape index (κ1) is 22.0. The molecule has 1 saturated heterocycles. The van der Waals surface area contributed by atoms with Gasteiger partial charge in [0.1, 0.15) is 30.0 Å². The van der Waals surface area contributed by atoms with Gasteiger partial charge in [-0.2, -0.15) is 0 Å². The van der Waals surface area contributed by atoms with E-state index in [1.165, 1.54) is 12.1 Å². The maximum Gasteiger partial charge on any atom is 0.321 e. The average Bonchev–Trinajstić information content (AvgIpc) is 2.81. The maximum atomic E-state index is 13.2. The Morgan fingerprint density at radius 3 is 2.38 bits per heavy atom. The SMILES string of the molecule is O=C(Nc1ccc(Cl)cc1)N1CCC(Oc2ccc(OCc3cccc(F)c3)cc2)CC1. The number of benzene rings is 3. The highest BCUT2D eigenvalue weighted by Gasteiger charge is 2.24. The topological polar surface area (TPSA) is 50.8 Å². The highest BCUT2D eigenvalue weighted by molar-refractivity contribution is 6.30. The molecule has 3 aromatic rings. The fourth-order valence-electron chi connectivity index (χ4n) is 3.51. The minimum atomic E-state index is -0.275. The number of nitrogens with one attached hydrogen (secondary N) is 1. The summed E-state index contributed by atoms with van der Waals surface area (Å²) in [5, 5.41) is 3.52. The molecule has 7 heteroatoms. The van der Waals surface area contributed by atoms with Crippen molar-refractivity contribution in [2.45, 2.75) is 25.6 Å². The predicted octanol–water partition coefficient (Wildman–Crippen LogP) is 6.13. The molecule has 0 bridgehead atoms. The molecule has 0 radical (unpaired) electrons. The third-order valence-electron chi connectivity index (χ3n) is 5.25. The number of hydrogen-bond donors (Lipinski definition) is 1. The van der Waals surface area contributed by atoms with Crippen molar-refractivity contribution < 1.29 is 18.7 Å². The molecule has 0 spiro atoms. The number of ether oxygens (including phenoxy) is 2. The van der Waals surface area contributed by atoms with Gasteiger partial charge in [0.05, 0.1) is 0 Å². The summed E-state index contributed by atoms with van der Waals surface area (Å²) in [6.07, 6.45) is 1.56. The van der Waals surface area contributed by atoms with E-state index in [4.69, 9.17) is 21.1 Å². The molecule has 2 amide bonds. The Kier molecular flexibility index (Phi) is 7.12. The smallest absolute Gasteiger partial charge is 0.321 e. The lowest BCUT2D eigenvalue weighted by atomic mass is 10.1. The number of carbonyl (C=O) groups is 1. The van der Waals surface area contributed by atoms with Gasteiger partial charge in [0.2, 0.25) is 0 Å². The van der Waals surface area contributed by atoms with Crippen molar-refractivity contribution in [3.63, 3.8) is 0 Å². The number of halogens is 2. The molecule has 1 N–H and O–H groups in total. The van der Waals surface area contributed by atoms with Crippen LogP contribution >= 0.6 is 11.6 Å². The van der Waals surface area contributed by atoms with E-state index >= 15 is 0 Å². The predicted molar refractivity (Wildman–Crippen MR) is 123 cm³/mol. The van der Waals surface area contributed by atoms with Crippen molar-refractivity contribution in [1.29, 1.82) is 0 Å². The molecular weight excluding hydrogens is 431 g/mol. The van der Waals surface area contributed by atoms with Crippen molar-refractivity contribution >= 4 is 23.3 Å². The Balaban J connectivity index is 1.21. The minimum Gasteiger partial charge on any atom is -0.490 e. The number of anilines is 1. The van der Waals surface area contributed by atoms with E-state index in [0.29, 0.717) is 30.5 Å². The molecular formula is C25H24ClFN2O3. The minimum absolute atomic E-state index is 0.0497. The molecule has 5 nitrogen and oxygen atoms in total. The summed E-state index contributed by atoms with van der Waals surface area (Å²) in [6.45, 7) is 1.55. The van der Waals surface area contributed by atoms with Crippen LogP contribution in [0, 0.1) is 5.82 Å². The summed E-state index contributed by atoms with van der Waals surface area (Å²) in [5.41, 5.74) is 1.50. The van der Waals surface area contributed by atoms with E-state index in [9.17, 15) is 9.18 Å². The third-order valence-corrected chi connectivity index (χ3v) is 5.50. The van der Waals surface area contributed by atoms with E-state index in [1.807, 2.05) is 30.3 Å². The molecule has 1 aliphatic rings. The van der Waals surface area contributed by atoms with Crippen LogP contribution < -0.4 is 14.8 Å². The lowest BCUT2D eigenvalue weighted by molar-refractivity contribution is 0.115. The third kappa shape index (κ3) is 6.14. The highest BCUT2D eigenvalue weighted by Crippen LogP contribution is 2.23. The second-order valence-corrected chi connectivity index (χ2v) is 8.07. The Labute approximate surface area is 191 Å². The van der Waals surface area contributed by atoms with Gasteiger partial charge < -0.3 is 19.7 Å². The van der Waals surface area contributed by atoms with Crippen molar-refractivity contribution in [2.75, 3.05) is 18.4 Å². The zero-order chi connectivity index (χ0) is 22.3. The summed E-state index contributed by atoms with van der Waals surface area (Å²) >= 11 is 5.88. The van der Waals surface area contributed by atoms with Crippen LogP contribution in [-0.2, 0) is 6.61 Å². The highest BCUT2D eigenvalue weighted by atomic mass is 35.5. The van der Waals surface area contributed by atoms with Crippen molar-refractivity contribution in [3.05, 3.63) is 89.2 Å². The van der Waals surface area contributed by atoms with E-state index in [2.05, 4.69) is 5.32 Å². The quantitative estimate of drug-likeness (QED) is 0.487. The maximum absolute atomic E-state index is 13.2. The Morgan fingerprint density at radius 1 is 1.00 bits per heavy atom. The summed E-state index contributed by atoms with van der Waals surface area (Å²) < 4.78 is 25.0. The van der Waals surface area contributed by atoms with Gasteiger partial charge >= 0.3 is 6.03 Å². The van der Waals surface area contributed by atoms with Crippen LogP contribution in [0.5, 0.6) is 11.5 Å². The van der Waals surface area contributed by atoms with E-state index in [1.54, 1.807) is 35.2 Å². The summed E-state index contributed by atoms with van der Waals surface area (Å²) in [5.74, 6) is 1.17. The van der Waals surface area contributed by atoms with Gasteiger partial charge in [0.25, 0.3) is 0 Å². The first-order chi connectivity index (χ1) is 15.5. The molecule has 0 unspecified atom stereocenters. The van der Waals surface area contributed by atoms with Crippen molar-refractivity contribution in [3.8, 4) is 11.5 Å². The number of hydrogen-bond acceptors (Lipinski definition) is 3. The molecule has 1 fully saturated rings. The van der Waals surface area contributed by atoms with E-state index in [0.717, 1.165) is 29.8 Å². The number of nitrogens with zero attached hydrogens (tertiary/aromatic N) is 1. The second kappa shape index (κ2) is 10.4. The normalized spacial score (nSPS) is 14.1. The molecule has 3 aromatic carbocycles. The molecule has 1 heterocycles. The van der Waals surface area contributed by atoms with Gasteiger partial charge in [-0.05, 0) is 66.2 Å². The fraction of sp³-hybridized carbons (Fsp3) is 0.240. The standard InChI is InChI=1S/C25H24ClFN2O3/c26-19-4-6-21(7-5-19)28-25(30)29-14-12-24(13-15-29)32-23-10-8-22(9-11-23)31-17-18-2-1-3-20(27)16-18/h1-11,16,24H,12-15,17H2,(H,28,30). The largest absolute Gasteiger partial charge is 0.490 e. The van der Waals surface area contributed by atoms with Gasteiger partial charge in [0.15, 0.2) is 0 Å². The Bertz CT molecular complexity index is 1040. The van der Waals surface area contributed by atoms with Crippen LogP contribution in [0.15, 0.2) is 72.8 Å². The van der Waals surface area contributed by atoms with Crippen LogP contribution in [0.4, 0.5) is 14.9 Å². The van der Waals surface area contributed by atoms with Crippen molar-refractivity contribution in [2.24, 2.45) is 0 Å². The number of carbonyl (C=O) groups excluding carboxylic acids is 1. The molecule has 0 saturated carbocycles. The Morgan fingerprint density at radius 2 is 1.69 bits per heavy atom. The lowest BCUT2D eigenvalue weighted by Crippen LogP contribution is -2.43. The fourth-order valence-corrected chi connectivity index (χ4v) is 3.64. The molecule has 0 atom stereocenters. The number of likely N-dealkylation sites (tertiary alicyclic amines) is 1. The first-order valence-electron chi connectivity index (χ1n) is 10.5. The van der Waals surface area contributed by atoms with Gasteiger partial charge in [0, 0.05) is 36.6 Å². The van der Waals surface area contributed by atoms with Gasteiger partial charge in [-0.1, -0.05) is 23.7 Å². The lowest BCUT2D eigenvalue weighted by Gasteiger charge is -2.32. The van der Waals surface area contributed by atoms with Crippen LogP contribution in [0.2, 0.25) is 5.02 Å². The molecule has 32 heavy (non-hydrogen) atoms. The van der Waals surface area contributed by atoms with Gasteiger partial charge in [-0.25, -0.2) is 9.18 Å². The number of urea groups is 1. The summed E-state index contributed by atoms with van der Waals surface area (Å²) in [4.78, 5) is 14.2. The monoisotopic (exact) mass is 454 g/mol. The number of piperidine rings is 1. The van der Waals surface area contributed by atoms with Crippen LogP contribution in [-0.4, -0.2) is 30.1 Å². The van der Waals surface area contributed by atoms with E-state index in [-0.39, 0.29) is 18.0 Å². The van der Waals surface area contributed by atoms with Gasteiger partial charge in [-0.15, -0.1) is 0 Å². The van der Waals surface area contributed by atoms with Gasteiger partial charge in [-0.3, -0.25) is 0 Å². The summed E-state index contributed by atoms with van der Waals surface area (Å²) in [7, 11) is 0.